The van der Waals surface area contributed by atoms with Gasteiger partial charge in [-0.25, -0.2) is 0 Å². The van der Waals surface area contributed by atoms with Gasteiger partial charge >= 0.3 is 0 Å². The topological polar surface area (TPSA) is 109 Å². The lowest BCUT2D eigenvalue weighted by Crippen LogP contribution is -2.38. The Morgan fingerprint density at radius 1 is 1.06 bits per heavy atom. The van der Waals surface area contributed by atoms with E-state index in [0.717, 1.165) is 5.56 Å². The SMILES string of the molecule is COc1ccc(-c2nnc3ccc(OCCNC(=O)C(C)Oc4cccc(Cl)c4)nn23)cc1OC. The smallest absolute Gasteiger partial charge is 0.260 e. The van der Waals surface area contributed by atoms with Gasteiger partial charge in [0, 0.05) is 16.7 Å². The minimum absolute atomic E-state index is 0.210. The Balaban J connectivity index is 1.36. The third-order valence-corrected chi connectivity index (χ3v) is 5.24. The van der Waals surface area contributed by atoms with Gasteiger partial charge in [-0.3, -0.25) is 4.79 Å². The van der Waals surface area contributed by atoms with Crippen LogP contribution in [0.5, 0.6) is 23.1 Å². The Labute approximate surface area is 206 Å². The van der Waals surface area contributed by atoms with Crippen LogP contribution in [0, 0.1) is 0 Å². The van der Waals surface area contributed by atoms with Crippen molar-refractivity contribution in [1.29, 1.82) is 0 Å². The van der Waals surface area contributed by atoms with Crippen molar-refractivity contribution in [3.8, 4) is 34.5 Å². The average Bonchev–Trinajstić information content (AvgIpc) is 3.29. The van der Waals surface area contributed by atoms with Crippen LogP contribution in [0.3, 0.4) is 0 Å². The van der Waals surface area contributed by atoms with Crippen LogP contribution >= 0.6 is 11.6 Å². The molecule has 0 aliphatic rings. The molecule has 11 heteroatoms. The minimum Gasteiger partial charge on any atom is -0.493 e. The van der Waals surface area contributed by atoms with Gasteiger partial charge in [0.05, 0.1) is 20.8 Å². The summed E-state index contributed by atoms with van der Waals surface area (Å²) in [6.45, 7) is 2.14. The number of carbonyl (C=O) groups is 1. The van der Waals surface area contributed by atoms with Crippen LogP contribution in [-0.4, -0.2) is 59.2 Å². The van der Waals surface area contributed by atoms with Crippen LogP contribution in [-0.2, 0) is 4.79 Å². The number of fused-ring (bicyclic) bond motifs is 1. The second-order valence-electron chi connectivity index (χ2n) is 7.39. The summed E-state index contributed by atoms with van der Waals surface area (Å²) in [7, 11) is 3.14. The number of aromatic nitrogens is 4. The van der Waals surface area contributed by atoms with Gasteiger partial charge in [0.2, 0.25) is 5.88 Å². The molecule has 0 saturated carbocycles. The summed E-state index contributed by atoms with van der Waals surface area (Å²) < 4.78 is 23.6. The lowest BCUT2D eigenvalue weighted by atomic mass is 10.2. The monoisotopic (exact) mass is 497 g/mol. The van der Waals surface area contributed by atoms with Crippen molar-refractivity contribution in [2.75, 3.05) is 27.4 Å². The number of carbonyl (C=O) groups excluding carboxylic acids is 1. The van der Waals surface area contributed by atoms with Gasteiger partial charge in [-0.05, 0) is 49.4 Å². The molecule has 0 fully saturated rings. The molecule has 182 valence electrons. The van der Waals surface area contributed by atoms with Crippen molar-refractivity contribution in [3.05, 3.63) is 59.6 Å². The summed E-state index contributed by atoms with van der Waals surface area (Å²) in [4.78, 5) is 12.3. The standard InChI is InChI=1S/C24H24ClN5O5/c1-15(35-18-6-4-5-17(25)14-18)24(31)26-11-12-34-22-10-9-21-27-28-23(30(21)29-22)16-7-8-19(32-2)20(13-16)33-3/h4-10,13-15H,11-12H2,1-3H3,(H,26,31). The van der Waals surface area contributed by atoms with Gasteiger partial charge in [-0.2, -0.15) is 4.52 Å². The van der Waals surface area contributed by atoms with Gasteiger partial charge in [0.1, 0.15) is 12.4 Å². The van der Waals surface area contributed by atoms with Crippen LogP contribution in [0.25, 0.3) is 17.0 Å². The quantitative estimate of drug-likeness (QED) is 0.332. The van der Waals surface area contributed by atoms with Crippen LogP contribution in [0.4, 0.5) is 0 Å². The van der Waals surface area contributed by atoms with E-state index in [1.165, 1.54) is 0 Å². The van der Waals surface area contributed by atoms with Crippen molar-refractivity contribution in [2.45, 2.75) is 13.0 Å². The molecular formula is C24H24ClN5O5. The number of nitrogens with one attached hydrogen (secondary N) is 1. The molecule has 0 spiro atoms. The first-order chi connectivity index (χ1) is 17.0. The number of nitrogens with zero attached hydrogens (tertiary/aromatic N) is 4. The van der Waals surface area contributed by atoms with E-state index in [1.54, 1.807) is 74.2 Å². The van der Waals surface area contributed by atoms with Gasteiger partial charge in [0.15, 0.2) is 29.1 Å². The van der Waals surface area contributed by atoms with E-state index in [0.29, 0.717) is 39.6 Å². The van der Waals surface area contributed by atoms with E-state index in [-0.39, 0.29) is 19.1 Å². The summed E-state index contributed by atoms with van der Waals surface area (Å²) in [5, 5.41) is 16.2. The fourth-order valence-electron chi connectivity index (χ4n) is 3.28. The summed E-state index contributed by atoms with van der Waals surface area (Å²) in [6, 6.07) is 15.7. The maximum absolute atomic E-state index is 12.3. The average molecular weight is 498 g/mol. The zero-order valence-electron chi connectivity index (χ0n) is 19.4. The van der Waals surface area contributed by atoms with E-state index in [4.69, 9.17) is 30.5 Å². The number of hydrogen-bond donors (Lipinski definition) is 1. The number of halogens is 1. The van der Waals surface area contributed by atoms with Crippen LogP contribution < -0.4 is 24.3 Å². The fraction of sp³-hybridized carbons (Fsp3) is 0.250. The summed E-state index contributed by atoms with van der Waals surface area (Å²) in [5.74, 6) is 2.30. The molecule has 0 saturated heterocycles. The molecule has 0 aliphatic carbocycles. The number of ether oxygens (including phenoxy) is 4. The van der Waals surface area contributed by atoms with E-state index in [9.17, 15) is 4.79 Å². The lowest BCUT2D eigenvalue weighted by Gasteiger charge is -2.15. The zero-order chi connectivity index (χ0) is 24.8. The molecule has 1 atom stereocenters. The highest BCUT2D eigenvalue weighted by molar-refractivity contribution is 6.30. The Morgan fingerprint density at radius 3 is 2.66 bits per heavy atom. The molecule has 35 heavy (non-hydrogen) atoms. The third-order valence-electron chi connectivity index (χ3n) is 5.01. The molecule has 0 radical (unpaired) electrons. The number of amides is 1. The Hall–Kier alpha value is -4.05. The van der Waals surface area contributed by atoms with E-state index < -0.39 is 6.10 Å². The number of benzene rings is 2. The van der Waals surface area contributed by atoms with Gasteiger partial charge in [-0.1, -0.05) is 17.7 Å². The number of methoxy groups -OCH3 is 2. The normalized spacial score (nSPS) is 11.7. The molecule has 0 aliphatic heterocycles. The largest absolute Gasteiger partial charge is 0.493 e. The highest BCUT2D eigenvalue weighted by Gasteiger charge is 2.15. The minimum atomic E-state index is -0.691. The Morgan fingerprint density at radius 2 is 1.89 bits per heavy atom. The van der Waals surface area contributed by atoms with Gasteiger partial charge in [-0.15, -0.1) is 15.3 Å². The second-order valence-corrected chi connectivity index (χ2v) is 7.83. The molecule has 0 bridgehead atoms. The van der Waals surface area contributed by atoms with Crippen molar-refractivity contribution in [3.63, 3.8) is 0 Å². The third kappa shape index (κ3) is 5.72. The first-order valence-corrected chi connectivity index (χ1v) is 11.1. The molecule has 2 aromatic heterocycles. The second kappa shape index (κ2) is 10.9. The first-order valence-electron chi connectivity index (χ1n) is 10.8. The van der Waals surface area contributed by atoms with Crippen LogP contribution in [0.15, 0.2) is 54.6 Å². The van der Waals surface area contributed by atoms with Crippen molar-refractivity contribution in [1.82, 2.24) is 25.1 Å². The number of hydrogen-bond acceptors (Lipinski definition) is 8. The predicted molar refractivity (Wildman–Crippen MR) is 129 cm³/mol. The Kier molecular flexibility index (Phi) is 7.51. The fourth-order valence-corrected chi connectivity index (χ4v) is 3.46. The van der Waals surface area contributed by atoms with E-state index in [2.05, 4.69) is 20.6 Å². The van der Waals surface area contributed by atoms with Gasteiger partial charge in [0.25, 0.3) is 5.91 Å². The zero-order valence-corrected chi connectivity index (χ0v) is 20.2. The molecule has 4 aromatic rings. The highest BCUT2D eigenvalue weighted by Crippen LogP contribution is 2.31. The Bertz CT molecular complexity index is 1330. The lowest BCUT2D eigenvalue weighted by molar-refractivity contribution is -0.127. The van der Waals surface area contributed by atoms with E-state index in [1.807, 2.05) is 6.07 Å². The molecule has 1 N–H and O–H groups in total. The van der Waals surface area contributed by atoms with Crippen molar-refractivity contribution >= 4 is 23.2 Å². The maximum Gasteiger partial charge on any atom is 0.260 e. The molecule has 2 aromatic carbocycles. The maximum atomic E-state index is 12.3. The summed E-state index contributed by atoms with van der Waals surface area (Å²) >= 11 is 5.94. The van der Waals surface area contributed by atoms with Gasteiger partial charge < -0.3 is 24.3 Å². The molecule has 1 amide bonds. The molecule has 1 unspecified atom stereocenters. The molecule has 2 heterocycles. The molecule has 10 nitrogen and oxygen atoms in total. The molecule has 4 rings (SSSR count). The van der Waals surface area contributed by atoms with Crippen molar-refractivity contribution in [2.24, 2.45) is 0 Å². The first kappa shape index (κ1) is 24.1. The summed E-state index contributed by atoms with van der Waals surface area (Å²) in [6.07, 6.45) is -0.691. The number of rotatable bonds is 10. The summed E-state index contributed by atoms with van der Waals surface area (Å²) in [5.41, 5.74) is 1.31. The van der Waals surface area contributed by atoms with Crippen LogP contribution in [0.1, 0.15) is 6.92 Å². The van der Waals surface area contributed by atoms with Crippen molar-refractivity contribution < 1.29 is 23.7 Å². The highest BCUT2D eigenvalue weighted by atomic mass is 35.5. The van der Waals surface area contributed by atoms with E-state index >= 15 is 0 Å². The van der Waals surface area contributed by atoms with Crippen LogP contribution in [0.2, 0.25) is 5.02 Å². The predicted octanol–water partition coefficient (Wildman–Crippen LogP) is 3.42. The molecular weight excluding hydrogens is 474 g/mol.